The van der Waals surface area contributed by atoms with Crippen molar-refractivity contribution in [2.24, 2.45) is 5.73 Å². The van der Waals surface area contributed by atoms with Crippen LogP contribution in [0.15, 0.2) is 66.7 Å². The topological polar surface area (TPSA) is 87.5 Å². The lowest BCUT2D eigenvalue weighted by Crippen LogP contribution is -2.48. The Bertz CT molecular complexity index is 1150. The molecule has 0 unspecified atom stereocenters. The van der Waals surface area contributed by atoms with Crippen LogP contribution < -0.4 is 16.4 Å². The normalized spacial score (nSPS) is 18.6. The first-order valence-corrected chi connectivity index (χ1v) is 12.2. The fourth-order valence-corrected chi connectivity index (χ4v) is 4.65. The first kappa shape index (κ1) is 24.2. The van der Waals surface area contributed by atoms with Crippen LogP contribution in [0.4, 0.5) is 0 Å². The van der Waals surface area contributed by atoms with E-state index in [0.29, 0.717) is 43.2 Å². The number of halogens is 1. The zero-order chi connectivity index (χ0) is 23.9. The second kappa shape index (κ2) is 11.5. The number of benzene rings is 3. The molecule has 0 aliphatic carbocycles. The molecule has 0 spiro atoms. The van der Waals surface area contributed by atoms with Gasteiger partial charge in [-0.2, -0.15) is 0 Å². The molecule has 178 valence electrons. The molecule has 34 heavy (non-hydrogen) atoms. The number of amides is 2. The van der Waals surface area contributed by atoms with Crippen LogP contribution in [0, 0.1) is 0 Å². The van der Waals surface area contributed by atoms with Gasteiger partial charge in [-0.3, -0.25) is 9.59 Å². The minimum Gasteiger partial charge on any atom is -0.350 e. The van der Waals surface area contributed by atoms with E-state index in [1.807, 2.05) is 71.6 Å². The number of carbonyl (C=O) groups is 2. The molecule has 2 atom stereocenters. The van der Waals surface area contributed by atoms with Gasteiger partial charge in [-0.1, -0.05) is 54.1 Å². The Balaban J connectivity index is 1.41. The number of nitrogens with one attached hydrogen (secondary N) is 2. The first-order valence-electron chi connectivity index (χ1n) is 11.8. The summed E-state index contributed by atoms with van der Waals surface area (Å²) in [6.45, 7) is 2.09. The molecule has 3 aromatic rings. The van der Waals surface area contributed by atoms with Gasteiger partial charge in [0.2, 0.25) is 5.91 Å². The highest BCUT2D eigenvalue weighted by atomic mass is 35.5. The molecule has 1 saturated heterocycles. The third-order valence-corrected chi connectivity index (χ3v) is 6.51. The summed E-state index contributed by atoms with van der Waals surface area (Å²) in [6, 6.07) is 21.0. The maximum absolute atomic E-state index is 13.3. The van der Waals surface area contributed by atoms with Gasteiger partial charge in [0.1, 0.15) is 0 Å². The molecular weight excluding hydrogens is 448 g/mol. The van der Waals surface area contributed by atoms with Crippen molar-refractivity contribution in [1.82, 2.24) is 15.5 Å². The lowest BCUT2D eigenvalue weighted by molar-refractivity contribution is -0.133. The predicted molar refractivity (Wildman–Crippen MR) is 137 cm³/mol. The molecule has 0 aromatic heterocycles. The summed E-state index contributed by atoms with van der Waals surface area (Å²) in [5.74, 6) is -0.0470. The van der Waals surface area contributed by atoms with Crippen LogP contribution in [0.2, 0.25) is 5.02 Å². The Hall–Kier alpha value is -2.93. The quantitative estimate of drug-likeness (QED) is 0.460. The van der Waals surface area contributed by atoms with Gasteiger partial charge in [0, 0.05) is 36.3 Å². The lowest BCUT2D eigenvalue weighted by Gasteiger charge is -2.25. The largest absolute Gasteiger partial charge is 0.350 e. The van der Waals surface area contributed by atoms with Gasteiger partial charge < -0.3 is 21.3 Å². The molecule has 1 heterocycles. The second-order valence-corrected chi connectivity index (χ2v) is 9.23. The Morgan fingerprint density at radius 2 is 1.91 bits per heavy atom. The van der Waals surface area contributed by atoms with E-state index in [1.165, 1.54) is 0 Å². The Morgan fingerprint density at radius 3 is 2.71 bits per heavy atom. The minimum absolute atomic E-state index is 0.0134. The molecule has 0 bridgehead atoms. The number of hydrogen-bond donors (Lipinski definition) is 3. The monoisotopic (exact) mass is 478 g/mol. The SMILES string of the molecule is NCCC[C@@H]1N[C@H](CNC(=O)c2ccc3ccccc3c2)CCN(Cc2cccc(Cl)c2)C1=O. The van der Waals surface area contributed by atoms with Crippen LogP contribution in [0.3, 0.4) is 0 Å². The maximum atomic E-state index is 13.3. The van der Waals surface area contributed by atoms with E-state index in [4.69, 9.17) is 17.3 Å². The molecule has 3 aromatic carbocycles. The van der Waals surface area contributed by atoms with Gasteiger partial charge >= 0.3 is 0 Å². The number of hydrogen-bond acceptors (Lipinski definition) is 4. The lowest BCUT2D eigenvalue weighted by atomic mass is 10.1. The summed E-state index contributed by atoms with van der Waals surface area (Å²) in [7, 11) is 0. The van der Waals surface area contributed by atoms with E-state index < -0.39 is 0 Å². The number of fused-ring (bicyclic) bond motifs is 1. The summed E-state index contributed by atoms with van der Waals surface area (Å²) in [5, 5.41) is 9.32. The van der Waals surface area contributed by atoms with Crippen molar-refractivity contribution in [1.29, 1.82) is 0 Å². The van der Waals surface area contributed by atoms with Crippen molar-refractivity contribution < 1.29 is 9.59 Å². The maximum Gasteiger partial charge on any atom is 0.251 e. The highest BCUT2D eigenvalue weighted by Crippen LogP contribution is 2.18. The number of nitrogens with two attached hydrogens (primary N) is 1. The zero-order valence-corrected chi connectivity index (χ0v) is 19.9. The molecule has 4 rings (SSSR count). The van der Waals surface area contributed by atoms with Gasteiger partial charge in [0.25, 0.3) is 5.91 Å². The van der Waals surface area contributed by atoms with Crippen LogP contribution in [0.5, 0.6) is 0 Å². The van der Waals surface area contributed by atoms with Crippen molar-refractivity contribution in [2.45, 2.75) is 37.9 Å². The zero-order valence-electron chi connectivity index (χ0n) is 19.2. The summed E-state index contributed by atoms with van der Waals surface area (Å²) in [6.07, 6.45) is 2.16. The van der Waals surface area contributed by atoms with Crippen LogP contribution in [0.1, 0.15) is 35.2 Å². The van der Waals surface area contributed by atoms with Crippen molar-refractivity contribution >= 4 is 34.2 Å². The molecular formula is C27H31ClN4O2. The van der Waals surface area contributed by atoms with Crippen molar-refractivity contribution in [3.63, 3.8) is 0 Å². The van der Waals surface area contributed by atoms with Crippen molar-refractivity contribution in [3.05, 3.63) is 82.9 Å². The summed E-state index contributed by atoms with van der Waals surface area (Å²) in [4.78, 5) is 28.0. The Labute approximate surface area is 205 Å². The molecule has 0 radical (unpaired) electrons. The number of carbonyl (C=O) groups excluding carboxylic acids is 2. The number of nitrogens with zero attached hydrogens (tertiary/aromatic N) is 1. The third kappa shape index (κ3) is 6.14. The van der Waals surface area contributed by atoms with Gasteiger partial charge in [0.05, 0.1) is 6.04 Å². The summed E-state index contributed by atoms with van der Waals surface area (Å²) in [5.41, 5.74) is 7.35. The predicted octanol–water partition coefficient (Wildman–Crippen LogP) is 3.72. The van der Waals surface area contributed by atoms with E-state index in [0.717, 1.165) is 29.2 Å². The molecule has 0 saturated carbocycles. The van der Waals surface area contributed by atoms with Crippen LogP contribution in [-0.2, 0) is 11.3 Å². The molecule has 4 N–H and O–H groups in total. The fourth-order valence-electron chi connectivity index (χ4n) is 4.43. The van der Waals surface area contributed by atoms with Crippen molar-refractivity contribution in [3.8, 4) is 0 Å². The Kier molecular flexibility index (Phi) is 8.16. The fraction of sp³-hybridized carbons (Fsp3) is 0.333. The van der Waals surface area contributed by atoms with E-state index >= 15 is 0 Å². The number of rotatable bonds is 8. The smallest absolute Gasteiger partial charge is 0.251 e. The molecule has 1 aliphatic heterocycles. The van der Waals surface area contributed by atoms with E-state index in [9.17, 15) is 9.59 Å². The minimum atomic E-state index is -0.326. The molecule has 1 aliphatic rings. The van der Waals surface area contributed by atoms with Crippen LogP contribution >= 0.6 is 11.6 Å². The average molecular weight is 479 g/mol. The van der Waals surface area contributed by atoms with Crippen LogP contribution in [0.25, 0.3) is 10.8 Å². The van der Waals surface area contributed by atoms with Gasteiger partial charge in [0.15, 0.2) is 0 Å². The molecule has 1 fully saturated rings. The van der Waals surface area contributed by atoms with Gasteiger partial charge in [-0.25, -0.2) is 0 Å². The molecule has 7 heteroatoms. The van der Waals surface area contributed by atoms with E-state index in [1.54, 1.807) is 0 Å². The standard InChI is InChI=1S/C27H31ClN4O2/c28-23-8-3-5-19(15-23)18-32-14-12-24(31-25(27(32)34)9-4-13-29)17-30-26(33)22-11-10-20-6-1-2-7-21(20)16-22/h1-3,5-8,10-11,15-16,24-25,31H,4,9,12-14,17-18,29H2,(H,30,33)/t24-,25-/m0/s1. The highest BCUT2D eigenvalue weighted by Gasteiger charge is 2.30. The molecule has 2 amide bonds. The van der Waals surface area contributed by atoms with Crippen molar-refractivity contribution in [2.75, 3.05) is 19.6 Å². The second-order valence-electron chi connectivity index (χ2n) is 8.80. The third-order valence-electron chi connectivity index (χ3n) is 6.27. The highest BCUT2D eigenvalue weighted by molar-refractivity contribution is 6.30. The molecule has 6 nitrogen and oxygen atoms in total. The summed E-state index contributed by atoms with van der Waals surface area (Å²) >= 11 is 6.14. The Morgan fingerprint density at radius 1 is 1.09 bits per heavy atom. The average Bonchev–Trinajstić information content (AvgIpc) is 2.99. The van der Waals surface area contributed by atoms with Gasteiger partial charge in [-0.15, -0.1) is 0 Å². The van der Waals surface area contributed by atoms with E-state index in [2.05, 4.69) is 10.6 Å². The first-order chi connectivity index (χ1) is 16.5. The van der Waals surface area contributed by atoms with E-state index in [-0.39, 0.29) is 23.9 Å². The van der Waals surface area contributed by atoms with Gasteiger partial charge in [-0.05, 0) is 66.4 Å². The van der Waals surface area contributed by atoms with Crippen LogP contribution in [-0.4, -0.2) is 48.4 Å². The summed E-state index contributed by atoms with van der Waals surface area (Å²) < 4.78 is 0.